The van der Waals surface area contributed by atoms with Gasteiger partial charge in [0.1, 0.15) is 5.82 Å². The Bertz CT molecular complexity index is 569. The number of aryl methyl sites for hydroxylation is 1. The van der Waals surface area contributed by atoms with Crippen LogP contribution in [-0.2, 0) is 10.0 Å². The van der Waals surface area contributed by atoms with E-state index in [2.05, 4.69) is 26.6 Å². The van der Waals surface area contributed by atoms with Crippen LogP contribution in [0, 0.1) is 6.92 Å². The van der Waals surface area contributed by atoms with Crippen LogP contribution in [0.2, 0.25) is 0 Å². The van der Waals surface area contributed by atoms with Gasteiger partial charge in [-0.05, 0) is 39.7 Å². The normalized spacial score (nSPS) is 31.4. The standard InChI is InChI=1S/C13H22N4O2S/c1-9-14-8-13(15-9)20(18,19)16-10-6-11-4-3-5-12(7-10)17(11)2/h8,10-12,16H,3-7H2,1-2H3,(H,14,15). The van der Waals surface area contributed by atoms with Gasteiger partial charge in [0.25, 0.3) is 10.0 Å². The second kappa shape index (κ2) is 5.13. The number of H-pyrrole nitrogens is 1. The van der Waals surface area contributed by atoms with Gasteiger partial charge in [0.2, 0.25) is 0 Å². The molecule has 2 bridgehead atoms. The Kier molecular flexibility index (Phi) is 3.60. The van der Waals surface area contributed by atoms with Crippen LogP contribution >= 0.6 is 0 Å². The summed E-state index contributed by atoms with van der Waals surface area (Å²) >= 11 is 0. The lowest BCUT2D eigenvalue weighted by Crippen LogP contribution is -2.55. The Hall–Kier alpha value is -0.920. The summed E-state index contributed by atoms with van der Waals surface area (Å²) in [5, 5.41) is 0.166. The van der Waals surface area contributed by atoms with Gasteiger partial charge in [0, 0.05) is 18.1 Å². The molecule has 6 nitrogen and oxygen atoms in total. The highest BCUT2D eigenvalue weighted by molar-refractivity contribution is 7.89. The number of imidazole rings is 1. The van der Waals surface area contributed by atoms with Crippen LogP contribution in [0.25, 0.3) is 0 Å². The molecule has 0 spiro atoms. The number of aromatic nitrogens is 2. The van der Waals surface area contributed by atoms with Crippen LogP contribution in [0.5, 0.6) is 0 Å². The molecule has 1 aromatic rings. The van der Waals surface area contributed by atoms with Crippen molar-refractivity contribution < 1.29 is 8.42 Å². The fourth-order valence-corrected chi connectivity index (χ4v) is 4.76. The first-order valence-corrected chi connectivity index (χ1v) is 8.70. The molecule has 0 aliphatic carbocycles. The monoisotopic (exact) mass is 298 g/mol. The zero-order valence-corrected chi connectivity index (χ0v) is 12.8. The van der Waals surface area contributed by atoms with Crippen molar-refractivity contribution in [2.45, 2.75) is 62.2 Å². The number of aromatic amines is 1. The molecule has 2 unspecified atom stereocenters. The van der Waals surface area contributed by atoms with E-state index in [4.69, 9.17) is 0 Å². The number of hydrogen-bond acceptors (Lipinski definition) is 4. The average molecular weight is 298 g/mol. The molecule has 7 heteroatoms. The SMILES string of the molecule is Cc1ncc(S(=O)(=O)NC2CC3CCCC(C2)N3C)[nH]1. The largest absolute Gasteiger partial charge is 0.332 e. The van der Waals surface area contributed by atoms with Crippen molar-refractivity contribution in [2.24, 2.45) is 0 Å². The Morgan fingerprint density at radius 1 is 1.35 bits per heavy atom. The van der Waals surface area contributed by atoms with E-state index in [-0.39, 0.29) is 11.1 Å². The number of sulfonamides is 1. The van der Waals surface area contributed by atoms with Crippen molar-refractivity contribution in [1.29, 1.82) is 0 Å². The molecule has 0 saturated carbocycles. The van der Waals surface area contributed by atoms with E-state index in [0.29, 0.717) is 17.9 Å². The van der Waals surface area contributed by atoms with Crippen molar-refractivity contribution in [2.75, 3.05) is 7.05 Å². The highest BCUT2D eigenvalue weighted by atomic mass is 32.2. The average Bonchev–Trinajstić information content (AvgIpc) is 2.78. The summed E-state index contributed by atoms with van der Waals surface area (Å²) in [7, 11) is -1.31. The zero-order chi connectivity index (χ0) is 14.3. The summed E-state index contributed by atoms with van der Waals surface area (Å²) in [6.45, 7) is 1.75. The van der Waals surface area contributed by atoms with E-state index in [1.165, 1.54) is 25.5 Å². The molecule has 2 N–H and O–H groups in total. The van der Waals surface area contributed by atoms with Crippen molar-refractivity contribution in [3.63, 3.8) is 0 Å². The first-order valence-electron chi connectivity index (χ1n) is 7.21. The zero-order valence-electron chi connectivity index (χ0n) is 12.0. The minimum Gasteiger partial charge on any atom is -0.332 e. The molecular formula is C13H22N4O2S. The van der Waals surface area contributed by atoms with Gasteiger partial charge >= 0.3 is 0 Å². The third-order valence-electron chi connectivity index (χ3n) is 4.63. The summed E-state index contributed by atoms with van der Waals surface area (Å²) in [5.41, 5.74) is 0. The molecule has 20 heavy (non-hydrogen) atoms. The molecule has 3 heterocycles. The summed E-state index contributed by atoms with van der Waals surface area (Å²) in [5.74, 6) is 0.616. The third-order valence-corrected chi connectivity index (χ3v) is 6.06. The van der Waals surface area contributed by atoms with Gasteiger partial charge < -0.3 is 9.88 Å². The lowest BCUT2D eigenvalue weighted by atomic mass is 9.83. The first-order chi connectivity index (χ1) is 9.45. The predicted octanol–water partition coefficient (Wildman–Crippen LogP) is 1.01. The molecule has 0 radical (unpaired) electrons. The third kappa shape index (κ3) is 2.62. The summed E-state index contributed by atoms with van der Waals surface area (Å²) in [6, 6.07) is 1.06. The minimum absolute atomic E-state index is 0.0371. The van der Waals surface area contributed by atoms with Crippen molar-refractivity contribution in [3.8, 4) is 0 Å². The molecule has 1 aromatic heterocycles. The van der Waals surface area contributed by atoms with Crippen LogP contribution in [0.1, 0.15) is 37.9 Å². The van der Waals surface area contributed by atoms with Gasteiger partial charge in [-0.1, -0.05) is 6.42 Å². The lowest BCUT2D eigenvalue weighted by Gasteiger charge is -2.47. The van der Waals surface area contributed by atoms with Gasteiger partial charge in [0.15, 0.2) is 5.03 Å². The second-order valence-electron chi connectivity index (χ2n) is 6.03. The molecule has 2 atom stereocenters. The molecule has 2 saturated heterocycles. The van der Waals surface area contributed by atoms with Crippen LogP contribution in [0.15, 0.2) is 11.2 Å². The molecule has 2 fully saturated rings. The highest BCUT2D eigenvalue weighted by Gasteiger charge is 2.37. The maximum absolute atomic E-state index is 12.3. The predicted molar refractivity (Wildman–Crippen MR) is 75.9 cm³/mol. The van der Waals surface area contributed by atoms with Gasteiger partial charge in [-0.3, -0.25) is 0 Å². The van der Waals surface area contributed by atoms with Crippen molar-refractivity contribution in [3.05, 3.63) is 12.0 Å². The van der Waals surface area contributed by atoms with Gasteiger partial charge in [-0.25, -0.2) is 18.1 Å². The smallest absolute Gasteiger partial charge is 0.257 e. The maximum atomic E-state index is 12.3. The molecule has 0 amide bonds. The van der Waals surface area contributed by atoms with Gasteiger partial charge in [0.05, 0.1) is 6.20 Å². The quantitative estimate of drug-likeness (QED) is 0.873. The van der Waals surface area contributed by atoms with Gasteiger partial charge in [-0.15, -0.1) is 0 Å². The topological polar surface area (TPSA) is 78.1 Å². The number of nitrogens with one attached hydrogen (secondary N) is 2. The minimum atomic E-state index is -3.47. The van der Waals surface area contributed by atoms with E-state index in [1.54, 1.807) is 6.92 Å². The Morgan fingerprint density at radius 3 is 2.55 bits per heavy atom. The van der Waals surface area contributed by atoms with Crippen LogP contribution in [0.4, 0.5) is 0 Å². The molecule has 112 valence electrons. The molecule has 2 aliphatic heterocycles. The Labute approximate surface area is 120 Å². The van der Waals surface area contributed by atoms with E-state index >= 15 is 0 Å². The van der Waals surface area contributed by atoms with Crippen molar-refractivity contribution in [1.82, 2.24) is 19.6 Å². The summed E-state index contributed by atoms with van der Waals surface area (Å²) in [6.07, 6.45) is 6.80. The summed E-state index contributed by atoms with van der Waals surface area (Å²) in [4.78, 5) is 9.18. The highest BCUT2D eigenvalue weighted by Crippen LogP contribution is 2.33. The fraction of sp³-hybridized carbons (Fsp3) is 0.769. The van der Waals surface area contributed by atoms with E-state index in [1.807, 2.05) is 0 Å². The maximum Gasteiger partial charge on any atom is 0.257 e. The number of rotatable bonds is 3. The number of nitrogens with zero attached hydrogens (tertiary/aromatic N) is 2. The van der Waals surface area contributed by atoms with Crippen LogP contribution in [0.3, 0.4) is 0 Å². The second-order valence-corrected chi connectivity index (χ2v) is 7.71. The van der Waals surface area contributed by atoms with E-state index < -0.39 is 10.0 Å². The van der Waals surface area contributed by atoms with E-state index in [9.17, 15) is 8.42 Å². The van der Waals surface area contributed by atoms with Gasteiger partial charge in [-0.2, -0.15) is 0 Å². The van der Waals surface area contributed by atoms with Crippen LogP contribution in [-0.4, -0.2) is 48.5 Å². The van der Waals surface area contributed by atoms with Crippen molar-refractivity contribution >= 4 is 10.0 Å². The van der Waals surface area contributed by atoms with E-state index in [0.717, 1.165) is 12.8 Å². The summed E-state index contributed by atoms with van der Waals surface area (Å²) < 4.78 is 27.5. The fourth-order valence-electron chi connectivity index (χ4n) is 3.53. The molecule has 3 rings (SSSR count). The van der Waals surface area contributed by atoms with Crippen LogP contribution < -0.4 is 4.72 Å². The number of fused-ring (bicyclic) bond motifs is 2. The first kappa shape index (κ1) is 14.0. The lowest BCUT2D eigenvalue weighted by molar-refractivity contribution is 0.0536. The molecule has 0 aromatic carbocycles. The number of piperidine rings is 2. The molecule has 2 aliphatic rings. The molecular weight excluding hydrogens is 276 g/mol. The Morgan fingerprint density at radius 2 is 2.00 bits per heavy atom. The Balaban J connectivity index is 1.72. The number of hydrogen-bond donors (Lipinski definition) is 2.